The van der Waals surface area contributed by atoms with E-state index in [1.807, 2.05) is 105 Å². The van der Waals surface area contributed by atoms with Gasteiger partial charge in [0, 0.05) is 62.0 Å². The van der Waals surface area contributed by atoms with Crippen molar-refractivity contribution < 1.29 is 38.0 Å². The summed E-state index contributed by atoms with van der Waals surface area (Å²) in [6.45, 7) is 19.1. The van der Waals surface area contributed by atoms with Crippen molar-refractivity contribution in [1.82, 2.24) is 36.0 Å². The maximum absolute atomic E-state index is 15.5. The first-order valence-corrected chi connectivity index (χ1v) is 28.4. The van der Waals surface area contributed by atoms with Gasteiger partial charge in [0.1, 0.15) is 29.7 Å². The lowest BCUT2D eigenvalue weighted by atomic mass is 9.76. The Hall–Kier alpha value is -6.74. The number of ketones is 1. The summed E-state index contributed by atoms with van der Waals surface area (Å²) in [5.41, 5.74) is 4.18. The molecule has 0 aromatic heterocycles. The number of nitrogens with one attached hydrogen (secondary N) is 4. The van der Waals surface area contributed by atoms with E-state index in [1.165, 1.54) is 11.6 Å². The molecule has 2 aliphatic heterocycles. The lowest BCUT2D eigenvalue weighted by molar-refractivity contribution is -0.152. The number of Topliss-reactive ketones (excluding diaryl/α,β-unsaturated/α-hetero) is 1. The summed E-state index contributed by atoms with van der Waals surface area (Å²) in [6.07, 6.45) is 3.72. The molecule has 4 aromatic carbocycles. The number of carbonyl (C=O) groups is 7. The topological polar surface area (TPSA) is 177 Å². The molecule has 1 saturated heterocycles. The van der Waals surface area contributed by atoms with Gasteiger partial charge in [0.2, 0.25) is 29.5 Å². The van der Waals surface area contributed by atoms with E-state index >= 15 is 9.18 Å². The molecular formula is C64H84FN7O7. The first kappa shape index (κ1) is 59.9. The quantitative estimate of drug-likeness (QED) is 0.0723. The summed E-state index contributed by atoms with van der Waals surface area (Å²) in [5, 5.41) is 12.4. The van der Waals surface area contributed by atoms with Crippen LogP contribution in [-0.4, -0.2) is 106 Å². The molecule has 6 amide bonds. The molecule has 0 radical (unpaired) electrons. The lowest BCUT2D eigenvalue weighted by Gasteiger charge is -2.43. The highest BCUT2D eigenvalue weighted by Crippen LogP contribution is 2.36. The van der Waals surface area contributed by atoms with Crippen molar-refractivity contribution in [3.63, 3.8) is 0 Å². The van der Waals surface area contributed by atoms with Crippen LogP contribution in [0.25, 0.3) is 0 Å². The number of amides is 6. The van der Waals surface area contributed by atoms with Gasteiger partial charge < -0.3 is 36.0 Å². The first-order chi connectivity index (χ1) is 37.4. The van der Waals surface area contributed by atoms with E-state index in [0.29, 0.717) is 23.1 Å². The summed E-state index contributed by atoms with van der Waals surface area (Å²) in [7, 11) is 1.70. The summed E-state index contributed by atoms with van der Waals surface area (Å²) in [6, 6.07) is 24.5. The van der Waals surface area contributed by atoms with Crippen molar-refractivity contribution in [3.05, 3.63) is 142 Å². The fourth-order valence-corrected chi connectivity index (χ4v) is 11.3. The highest BCUT2D eigenvalue weighted by Gasteiger charge is 2.47. The van der Waals surface area contributed by atoms with Crippen LogP contribution in [0.5, 0.6) is 0 Å². The molecule has 3 aliphatic rings. The van der Waals surface area contributed by atoms with Crippen molar-refractivity contribution in [2.24, 2.45) is 22.7 Å². The van der Waals surface area contributed by atoms with Gasteiger partial charge in [-0.1, -0.05) is 134 Å². The normalized spacial score (nSPS) is 20.1. The molecule has 0 bridgehead atoms. The second kappa shape index (κ2) is 25.6. The molecule has 4 aromatic rings. The molecule has 424 valence electrons. The molecule has 79 heavy (non-hydrogen) atoms. The van der Waals surface area contributed by atoms with Gasteiger partial charge in [-0.05, 0) is 122 Å². The van der Waals surface area contributed by atoms with Gasteiger partial charge in [-0.2, -0.15) is 0 Å². The number of nitrogens with zero attached hydrogens (tertiary/aromatic N) is 3. The van der Waals surface area contributed by atoms with Gasteiger partial charge in [-0.3, -0.25) is 33.6 Å². The number of rotatable bonds is 19. The van der Waals surface area contributed by atoms with Gasteiger partial charge in [-0.25, -0.2) is 4.39 Å². The van der Waals surface area contributed by atoms with Crippen LogP contribution in [-0.2, 0) is 61.1 Å². The van der Waals surface area contributed by atoms with Crippen LogP contribution in [0, 0.1) is 28.5 Å². The van der Waals surface area contributed by atoms with Crippen LogP contribution >= 0.6 is 0 Å². The third-order valence-electron chi connectivity index (χ3n) is 16.7. The van der Waals surface area contributed by atoms with Crippen LogP contribution in [0.2, 0.25) is 0 Å². The smallest absolute Gasteiger partial charge is 0.251 e. The van der Waals surface area contributed by atoms with Crippen LogP contribution < -0.4 is 21.3 Å². The Kier molecular flexibility index (Phi) is 19.4. The van der Waals surface area contributed by atoms with Gasteiger partial charge in [0.25, 0.3) is 5.91 Å². The van der Waals surface area contributed by atoms with Crippen LogP contribution in [0.1, 0.15) is 151 Å². The molecule has 4 N–H and O–H groups in total. The van der Waals surface area contributed by atoms with Crippen LogP contribution in [0.15, 0.2) is 97.1 Å². The Bertz CT molecular complexity index is 2860. The third kappa shape index (κ3) is 14.4. The van der Waals surface area contributed by atoms with Crippen LogP contribution in [0.4, 0.5) is 4.39 Å². The zero-order valence-electron chi connectivity index (χ0n) is 48.3. The average Bonchev–Trinajstić information content (AvgIpc) is 3.91. The van der Waals surface area contributed by atoms with Crippen molar-refractivity contribution >= 4 is 41.2 Å². The minimum atomic E-state index is -0.959. The molecule has 2 heterocycles. The average molecular weight is 1080 g/mol. The Morgan fingerprint density at radius 3 is 2.04 bits per heavy atom. The van der Waals surface area contributed by atoms with Crippen molar-refractivity contribution in [3.8, 4) is 0 Å². The maximum Gasteiger partial charge on any atom is 0.251 e. The molecule has 1 aliphatic carbocycles. The summed E-state index contributed by atoms with van der Waals surface area (Å²) in [4.78, 5) is 106. The fourth-order valence-electron chi connectivity index (χ4n) is 11.3. The number of likely N-dealkylation sites (tertiary alicyclic amines) is 1. The van der Waals surface area contributed by atoms with Gasteiger partial charge in [0.15, 0.2) is 0 Å². The zero-order valence-corrected chi connectivity index (χ0v) is 48.3. The molecule has 0 spiro atoms. The van der Waals surface area contributed by atoms with E-state index in [9.17, 15) is 28.8 Å². The minimum Gasteiger partial charge on any atom is -0.347 e. The number of hydrogen-bond acceptors (Lipinski definition) is 8. The number of aryl methyl sites for hydroxylation is 1. The van der Waals surface area contributed by atoms with E-state index in [0.717, 1.165) is 36.0 Å². The summed E-state index contributed by atoms with van der Waals surface area (Å²) < 4.78 is 15.3. The Labute approximate surface area is 467 Å². The second-order valence-electron chi connectivity index (χ2n) is 24.5. The molecule has 7 rings (SSSR count). The number of halogens is 1. The molecule has 9 atom stereocenters. The maximum atomic E-state index is 15.5. The van der Waals surface area contributed by atoms with E-state index in [1.54, 1.807) is 71.1 Å². The zero-order chi connectivity index (χ0) is 57.5. The molecule has 0 saturated carbocycles. The predicted octanol–water partition coefficient (Wildman–Crippen LogP) is 8.44. The Balaban J connectivity index is 1.15. The van der Waals surface area contributed by atoms with Crippen molar-refractivity contribution in [2.75, 3.05) is 13.6 Å². The standard InChI is InChI=1S/C64H84FN7O7/c1-12-39(2)57(74)69-56(64(8,9)10)62(79)71-37-47-23-14-13-21-45(47)33-54(71)61(78)70(40(3)32-46-22-16-18-26-51(46)65)36-42-28-30-44(31-29-42)58(75)67-48-34-53(59(76)68-52-27-19-24-43-20-15-17-25-49(43)52)72(38-48)60(77)50(63(5,6)7)35-55(73)41(4)66-11/h13-18,20-23,25-26,28-31,39-41,48,50,52-54,56,66H,12,19,24,27,32-38H2,1-11H3,(H,67,75)(H,68,76)(H,69,74)/t39-,40?,41+,48?,50-,52?,53+,54+,56-/m1/s1. The lowest BCUT2D eigenvalue weighted by Crippen LogP contribution is -2.61. The van der Waals surface area contributed by atoms with Crippen molar-refractivity contribution in [1.29, 1.82) is 0 Å². The van der Waals surface area contributed by atoms with E-state index in [-0.39, 0.29) is 92.6 Å². The van der Waals surface area contributed by atoms with E-state index in [2.05, 4.69) is 27.3 Å². The molecule has 14 nitrogen and oxygen atoms in total. The molecule has 3 unspecified atom stereocenters. The number of fused-ring (bicyclic) bond motifs is 2. The van der Waals surface area contributed by atoms with Gasteiger partial charge >= 0.3 is 0 Å². The largest absolute Gasteiger partial charge is 0.347 e. The summed E-state index contributed by atoms with van der Waals surface area (Å²) >= 11 is 0. The number of carbonyl (C=O) groups excluding carboxylic acids is 7. The molecule has 15 heteroatoms. The van der Waals surface area contributed by atoms with Gasteiger partial charge in [-0.15, -0.1) is 0 Å². The monoisotopic (exact) mass is 1080 g/mol. The highest BCUT2D eigenvalue weighted by molar-refractivity contribution is 5.96. The molecule has 1 fully saturated rings. The minimum absolute atomic E-state index is 0.0136. The first-order valence-electron chi connectivity index (χ1n) is 28.4. The highest BCUT2D eigenvalue weighted by atomic mass is 19.1. The van der Waals surface area contributed by atoms with Crippen LogP contribution in [0.3, 0.4) is 0 Å². The number of likely N-dealkylation sites (N-methyl/N-ethyl adjacent to an activating group) is 1. The fraction of sp³-hybridized carbons (Fsp3) is 0.516. The predicted molar refractivity (Wildman–Crippen MR) is 305 cm³/mol. The molecular weight excluding hydrogens is 998 g/mol. The SMILES string of the molecule is CC[C@@H](C)C(=O)N[C@H](C(=O)N1Cc2ccccc2C[C@H]1C(=O)N(Cc1ccc(C(=O)NC2C[C@@H](C(=O)NC3CCCc4ccccc43)N(C(=O)[C@@H](CC(=O)[C@H](C)NC)C(C)(C)C)C2)cc1)C(C)Cc1ccccc1F)C(C)(C)C. The van der Waals surface area contributed by atoms with Gasteiger partial charge in [0.05, 0.1) is 12.1 Å². The second-order valence-corrected chi connectivity index (χ2v) is 24.5. The third-order valence-corrected chi connectivity index (χ3v) is 16.7. The number of benzene rings is 4. The van der Waals surface area contributed by atoms with Crippen molar-refractivity contribution in [2.45, 2.75) is 176 Å². The van der Waals surface area contributed by atoms with E-state index in [4.69, 9.17) is 0 Å². The Morgan fingerprint density at radius 1 is 0.747 bits per heavy atom. The Morgan fingerprint density at radius 2 is 1.39 bits per heavy atom. The summed E-state index contributed by atoms with van der Waals surface area (Å²) in [5.74, 6) is -3.55. The van der Waals surface area contributed by atoms with E-state index < -0.39 is 64.7 Å². The number of hydrogen-bond donors (Lipinski definition) is 4.